The Labute approximate surface area is 145 Å². The van der Waals surface area contributed by atoms with Gasteiger partial charge in [0, 0.05) is 25.1 Å². The van der Waals surface area contributed by atoms with E-state index >= 15 is 0 Å². The van der Waals surface area contributed by atoms with Crippen LogP contribution in [0.1, 0.15) is 39.7 Å². The average molecular weight is 324 g/mol. The summed E-state index contributed by atoms with van der Waals surface area (Å²) in [4.78, 5) is 10.8. The standard InChI is InChI=1S/C21H28N2O/c1-15(13-14-24)23-20-18(7-6-8-19(20)22-5)16-9-11-17(12-10-16)21(2,3)4/h6-12,14-15,22-23H,13H2,1-5H3/t15-/m1/s1. The van der Waals surface area contributed by atoms with Crippen molar-refractivity contribution in [2.24, 2.45) is 0 Å². The third kappa shape index (κ3) is 4.16. The Bertz CT molecular complexity index is 684. The smallest absolute Gasteiger partial charge is 0.122 e. The van der Waals surface area contributed by atoms with Gasteiger partial charge >= 0.3 is 0 Å². The number of para-hydroxylation sites is 1. The molecule has 3 heteroatoms. The number of benzene rings is 2. The third-order valence-electron chi connectivity index (χ3n) is 4.24. The highest BCUT2D eigenvalue weighted by Crippen LogP contribution is 2.35. The molecular formula is C21H28N2O. The van der Waals surface area contributed by atoms with Gasteiger partial charge in [0.05, 0.1) is 11.4 Å². The van der Waals surface area contributed by atoms with Gasteiger partial charge in [0.25, 0.3) is 0 Å². The summed E-state index contributed by atoms with van der Waals surface area (Å²) in [5.41, 5.74) is 5.84. The normalized spacial score (nSPS) is 12.5. The van der Waals surface area contributed by atoms with E-state index in [1.807, 2.05) is 20.0 Å². The van der Waals surface area contributed by atoms with Crippen molar-refractivity contribution in [3.05, 3.63) is 48.0 Å². The van der Waals surface area contributed by atoms with E-state index in [1.54, 1.807) is 0 Å². The summed E-state index contributed by atoms with van der Waals surface area (Å²) in [6, 6.07) is 15.0. The highest BCUT2D eigenvalue weighted by molar-refractivity contribution is 5.87. The Balaban J connectivity index is 2.44. The molecular weight excluding hydrogens is 296 g/mol. The SMILES string of the molecule is CNc1cccc(-c2ccc(C(C)(C)C)cc2)c1N[C@H](C)CC=O. The zero-order chi connectivity index (χ0) is 17.7. The number of hydrogen-bond acceptors (Lipinski definition) is 3. The maximum Gasteiger partial charge on any atom is 0.122 e. The van der Waals surface area contributed by atoms with E-state index in [-0.39, 0.29) is 11.5 Å². The zero-order valence-corrected chi connectivity index (χ0v) is 15.3. The third-order valence-corrected chi connectivity index (χ3v) is 4.24. The Hall–Kier alpha value is -2.29. The molecule has 0 saturated heterocycles. The first kappa shape index (κ1) is 18.1. The van der Waals surface area contributed by atoms with Crippen molar-refractivity contribution in [2.45, 2.75) is 45.6 Å². The number of nitrogens with one attached hydrogen (secondary N) is 2. The van der Waals surface area contributed by atoms with E-state index in [9.17, 15) is 4.79 Å². The van der Waals surface area contributed by atoms with Gasteiger partial charge in [-0.3, -0.25) is 0 Å². The molecule has 2 rings (SSSR count). The van der Waals surface area contributed by atoms with Crippen LogP contribution in [0, 0.1) is 0 Å². The molecule has 128 valence electrons. The van der Waals surface area contributed by atoms with Crippen LogP contribution in [0.4, 0.5) is 11.4 Å². The van der Waals surface area contributed by atoms with Crippen LogP contribution in [-0.4, -0.2) is 19.4 Å². The number of carbonyl (C=O) groups is 1. The van der Waals surface area contributed by atoms with Crippen molar-refractivity contribution in [3.63, 3.8) is 0 Å². The molecule has 0 bridgehead atoms. The molecule has 0 saturated carbocycles. The van der Waals surface area contributed by atoms with Crippen molar-refractivity contribution in [3.8, 4) is 11.1 Å². The Morgan fingerprint density at radius 2 is 1.75 bits per heavy atom. The molecule has 0 aromatic heterocycles. The molecule has 0 heterocycles. The highest BCUT2D eigenvalue weighted by atomic mass is 16.1. The van der Waals surface area contributed by atoms with E-state index in [0.29, 0.717) is 6.42 Å². The summed E-state index contributed by atoms with van der Waals surface area (Å²) in [7, 11) is 1.91. The van der Waals surface area contributed by atoms with Gasteiger partial charge in [0.2, 0.25) is 0 Å². The fourth-order valence-corrected chi connectivity index (χ4v) is 2.76. The number of rotatable bonds is 6. The molecule has 0 amide bonds. The molecule has 2 aromatic carbocycles. The Morgan fingerprint density at radius 3 is 2.29 bits per heavy atom. The van der Waals surface area contributed by atoms with Crippen LogP contribution in [0.15, 0.2) is 42.5 Å². The molecule has 0 aliphatic carbocycles. The fraction of sp³-hybridized carbons (Fsp3) is 0.381. The fourth-order valence-electron chi connectivity index (χ4n) is 2.76. The second kappa shape index (κ2) is 7.52. The first-order valence-corrected chi connectivity index (χ1v) is 8.48. The first-order chi connectivity index (χ1) is 11.4. The van der Waals surface area contributed by atoms with E-state index < -0.39 is 0 Å². The van der Waals surface area contributed by atoms with Crippen LogP contribution >= 0.6 is 0 Å². The van der Waals surface area contributed by atoms with Crippen molar-refractivity contribution in [1.82, 2.24) is 0 Å². The number of carbonyl (C=O) groups excluding carboxylic acids is 1. The maximum absolute atomic E-state index is 10.8. The van der Waals surface area contributed by atoms with Crippen molar-refractivity contribution >= 4 is 17.7 Å². The van der Waals surface area contributed by atoms with Gasteiger partial charge in [-0.2, -0.15) is 0 Å². The van der Waals surface area contributed by atoms with Gasteiger partial charge in [-0.05, 0) is 29.5 Å². The van der Waals surface area contributed by atoms with Gasteiger partial charge in [-0.25, -0.2) is 0 Å². The first-order valence-electron chi connectivity index (χ1n) is 8.48. The van der Waals surface area contributed by atoms with Crippen LogP contribution in [0.25, 0.3) is 11.1 Å². The highest BCUT2D eigenvalue weighted by Gasteiger charge is 2.15. The van der Waals surface area contributed by atoms with Gasteiger partial charge < -0.3 is 15.4 Å². The molecule has 2 N–H and O–H groups in total. The van der Waals surface area contributed by atoms with Gasteiger partial charge in [0.1, 0.15) is 6.29 Å². The van der Waals surface area contributed by atoms with E-state index in [1.165, 1.54) is 11.1 Å². The van der Waals surface area contributed by atoms with Crippen LogP contribution in [0.5, 0.6) is 0 Å². The van der Waals surface area contributed by atoms with Crippen LogP contribution < -0.4 is 10.6 Å². The number of hydrogen-bond donors (Lipinski definition) is 2. The summed E-state index contributed by atoms with van der Waals surface area (Å²) in [6.45, 7) is 8.68. The lowest BCUT2D eigenvalue weighted by molar-refractivity contribution is -0.107. The maximum atomic E-state index is 10.8. The quantitative estimate of drug-likeness (QED) is 0.728. The molecule has 0 aliphatic heterocycles. The molecule has 0 fully saturated rings. The van der Waals surface area contributed by atoms with Crippen LogP contribution in [-0.2, 0) is 10.2 Å². The van der Waals surface area contributed by atoms with Gasteiger partial charge in [0.15, 0.2) is 0 Å². The minimum absolute atomic E-state index is 0.0876. The van der Waals surface area contributed by atoms with Crippen molar-refractivity contribution < 1.29 is 4.79 Å². The lowest BCUT2D eigenvalue weighted by Gasteiger charge is -2.22. The topological polar surface area (TPSA) is 41.1 Å². The van der Waals surface area contributed by atoms with E-state index in [2.05, 4.69) is 67.8 Å². The Kier molecular flexibility index (Phi) is 5.66. The van der Waals surface area contributed by atoms with Gasteiger partial charge in [-0.15, -0.1) is 0 Å². The molecule has 24 heavy (non-hydrogen) atoms. The van der Waals surface area contributed by atoms with Crippen LogP contribution in [0.3, 0.4) is 0 Å². The van der Waals surface area contributed by atoms with E-state index in [0.717, 1.165) is 23.2 Å². The molecule has 0 unspecified atom stereocenters. The zero-order valence-electron chi connectivity index (χ0n) is 15.3. The molecule has 2 aromatic rings. The second-order valence-electron chi connectivity index (χ2n) is 7.25. The lowest BCUT2D eigenvalue weighted by Crippen LogP contribution is -2.17. The second-order valence-corrected chi connectivity index (χ2v) is 7.25. The summed E-state index contributed by atoms with van der Waals surface area (Å²) in [6.07, 6.45) is 1.44. The number of anilines is 2. The number of aldehydes is 1. The van der Waals surface area contributed by atoms with Gasteiger partial charge in [-0.1, -0.05) is 57.2 Å². The minimum atomic E-state index is 0.0876. The molecule has 0 aliphatic rings. The van der Waals surface area contributed by atoms with Crippen molar-refractivity contribution in [2.75, 3.05) is 17.7 Å². The summed E-state index contributed by atoms with van der Waals surface area (Å²) in [5, 5.41) is 6.72. The van der Waals surface area contributed by atoms with Crippen LogP contribution in [0.2, 0.25) is 0 Å². The largest absolute Gasteiger partial charge is 0.386 e. The van der Waals surface area contributed by atoms with Crippen molar-refractivity contribution in [1.29, 1.82) is 0 Å². The molecule has 0 radical (unpaired) electrons. The predicted octanol–water partition coefficient (Wildman–Crippen LogP) is 5.08. The lowest BCUT2D eigenvalue weighted by atomic mass is 9.86. The summed E-state index contributed by atoms with van der Waals surface area (Å²) in [5.74, 6) is 0. The molecule has 3 nitrogen and oxygen atoms in total. The average Bonchev–Trinajstić information content (AvgIpc) is 2.54. The molecule has 0 spiro atoms. The summed E-state index contributed by atoms with van der Waals surface area (Å²) < 4.78 is 0. The predicted molar refractivity (Wildman–Crippen MR) is 104 cm³/mol. The summed E-state index contributed by atoms with van der Waals surface area (Å²) >= 11 is 0. The molecule has 1 atom stereocenters. The Morgan fingerprint density at radius 1 is 1.08 bits per heavy atom. The monoisotopic (exact) mass is 324 g/mol. The minimum Gasteiger partial charge on any atom is -0.386 e. The van der Waals surface area contributed by atoms with E-state index in [4.69, 9.17) is 0 Å².